The molecular formula is C47H49N3O7S2. The molecule has 0 unspecified atom stereocenters. The van der Waals surface area contributed by atoms with E-state index >= 15 is 0 Å². The Morgan fingerprint density at radius 3 is 2.20 bits per heavy atom. The predicted molar refractivity (Wildman–Crippen MR) is 235 cm³/mol. The van der Waals surface area contributed by atoms with E-state index in [4.69, 9.17) is 9.99 Å². The van der Waals surface area contributed by atoms with Crippen LogP contribution >= 0.6 is 12.0 Å². The molecule has 1 aliphatic carbocycles. The van der Waals surface area contributed by atoms with Crippen molar-refractivity contribution in [1.29, 1.82) is 0 Å². The van der Waals surface area contributed by atoms with Crippen molar-refractivity contribution in [3.63, 3.8) is 0 Å². The average molecular weight is 832 g/mol. The van der Waals surface area contributed by atoms with Crippen LogP contribution in [-0.2, 0) is 32.6 Å². The third kappa shape index (κ3) is 11.2. The molecule has 0 spiro atoms. The molecule has 1 aliphatic rings. The molecule has 0 saturated heterocycles. The Balaban J connectivity index is 1.36. The summed E-state index contributed by atoms with van der Waals surface area (Å²) in [5.74, 6) is 0.830. The molecule has 0 heterocycles. The second-order valence-electron chi connectivity index (χ2n) is 14.0. The van der Waals surface area contributed by atoms with Gasteiger partial charge in [0.15, 0.2) is 12.3 Å². The molecule has 10 nitrogen and oxygen atoms in total. The molecule has 0 aliphatic heterocycles. The smallest absolute Gasteiger partial charge is 0.200 e. The fourth-order valence-electron chi connectivity index (χ4n) is 7.16. The molecular weight excluding hydrogens is 783 g/mol. The lowest BCUT2D eigenvalue weighted by Crippen LogP contribution is -2.22. The van der Waals surface area contributed by atoms with Gasteiger partial charge < -0.3 is 19.5 Å². The summed E-state index contributed by atoms with van der Waals surface area (Å²) >= 11 is 0.943. The topological polar surface area (TPSA) is 123 Å². The normalized spacial score (nSPS) is 14.5. The van der Waals surface area contributed by atoms with Crippen LogP contribution in [0.2, 0.25) is 0 Å². The van der Waals surface area contributed by atoms with Crippen molar-refractivity contribution < 1.29 is 36.9 Å². The van der Waals surface area contributed by atoms with Crippen molar-refractivity contribution in [3.05, 3.63) is 172 Å². The summed E-state index contributed by atoms with van der Waals surface area (Å²) in [5.41, 5.74) is 12.4. The predicted octanol–water partition coefficient (Wildman–Crippen LogP) is 10.5. The van der Waals surface area contributed by atoms with E-state index in [1.54, 1.807) is 6.07 Å². The van der Waals surface area contributed by atoms with E-state index in [0.717, 1.165) is 96.5 Å². The minimum Gasteiger partial charge on any atom is -0.744 e. The average Bonchev–Trinajstić information content (AvgIpc) is 3.23. The molecule has 6 rings (SSSR count). The maximum Gasteiger partial charge on any atom is 0.200 e. The van der Waals surface area contributed by atoms with E-state index in [2.05, 4.69) is 119 Å². The van der Waals surface area contributed by atoms with Gasteiger partial charge in [-0.3, -0.25) is 0 Å². The van der Waals surface area contributed by atoms with Crippen LogP contribution in [0.4, 0.5) is 17.1 Å². The molecule has 2 N–H and O–H groups in total. The SMILES string of the molecule is CCOc1ccc(Nc2ccc(C(=C3C=CC(=[N+](CC)Cc4cccc(S(=O)(=O)[O-])c4)C=C3C)c3ccc(N(CC)Cc4cccc(SOOO)c4)cc3C)cc2)cc1. The van der Waals surface area contributed by atoms with Crippen molar-refractivity contribution >= 4 is 50.5 Å². The zero-order chi connectivity index (χ0) is 41.9. The van der Waals surface area contributed by atoms with Crippen molar-refractivity contribution in [2.75, 3.05) is 29.9 Å². The van der Waals surface area contributed by atoms with Crippen LogP contribution in [0.5, 0.6) is 5.75 Å². The highest BCUT2D eigenvalue weighted by Gasteiger charge is 2.21. The van der Waals surface area contributed by atoms with Gasteiger partial charge >= 0.3 is 0 Å². The van der Waals surface area contributed by atoms with Gasteiger partial charge in [-0.05, 0) is 152 Å². The molecule has 0 fully saturated rings. The van der Waals surface area contributed by atoms with Crippen LogP contribution in [0, 0.1) is 6.92 Å². The zero-order valence-electron chi connectivity index (χ0n) is 33.8. The number of nitrogens with one attached hydrogen (secondary N) is 1. The number of hydrogen-bond acceptors (Lipinski definition) is 10. The van der Waals surface area contributed by atoms with Gasteiger partial charge in [0.1, 0.15) is 22.4 Å². The molecule has 0 amide bonds. The first kappa shape index (κ1) is 43.1. The number of aryl methyl sites for hydroxylation is 1. The minimum absolute atomic E-state index is 0.228. The lowest BCUT2D eigenvalue weighted by Gasteiger charge is -2.25. The number of anilines is 3. The van der Waals surface area contributed by atoms with Crippen LogP contribution < -0.4 is 15.0 Å². The highest BCUT2D eigenvalue weighted by atomic mass is 32.2. The van der Waals surface area contributed by atoms with Gasteiger partial charge in [0, 0.05) is 52.8 Å². The molecule has 12 heteroatoms. The summed E-state index contributed by atoms with van der Waals surface area (Å²) in [4.78, 5) is 2.90. The first-order valence-corrected chi connectivity index (χ1v) is 21.6. The Kier molecular flexibility index (Phi) is 14.6. The maximum atomic E-state index is 11.7. The van der Waals surface area contributed by atoms with Crippen molar-refractivity contribution in [1.82, 2.24) is 0 Å². The van der Waals surface area contributed by atoms with Gasteiger partial charge in [0.25, 0.3) is 0 Å². The number of rotatable bonds is 17. The standard InChI is InChI=1S/C47H49N3O7S2/c1-6-49(31-35-11-9-13-43(29-35)58-57-56-51)40-21-25-45(33(4)27-40)47(37-15-17-38(18-16-37)48-39-19-23-42(24-20-39)55-8-3)46-26-22-41(28-34(46)5)50(7-2)32-36-12-10-14-44(30-36)59(52,53)54/h9-30H,6-8,31-32H2,1-5H3,(H2,51,52,53,54). The summed E-state index contributed by atoms with van der Waals surface area (Å²) in [7, 11) is -4.56. The first-order chi connectivity index (χ1) is 28.5. The number of nitrogens with zero attached hydrogens (tertiary/aromatic N) is 2. The maximum absolute atomic E-state index is 11.7. The monoisotopic (exact) mass is 831 g/mol. The van der Waals surface area contributed by atoms with E-state index in [-0.39, 0.29) is 4.90 Å². The summed E-state index contributed by atoms with van der Waals surface area (Å²) in [6.45, 7) is 13.6. The van der Waals surface area contributed by atoms with Crippen molar-refractivity contribution in [2.24, 2.45) is 0 Å². The second-order valence-corrected chi connectivity index (χ2v) is 16.2. The van der Waals surface area contributed by atoms with Gasteiger partial charge in [-0.15, -0.1) is 4.33 Å². The minimum atomic E-state index is -4.56. The summed E-state index contributed by atoms with van der Waals surface area (Å²) in [5, 5.41) is 15.9. The van der Waals surface area contributed by atoms with Crippen molar-refractivity contribution in [2.45, 2.75) is 57.5 Å². The molecule has 0 atom stereocenters. The highest BCUT2D eigenvalue weighted by molar-refractivity contribution is 7.94. The zero-order valence-corrected chi connectivity index (χ0v) is 35.5. The van der Waals surface area contributed by atoms with E-state index < -0.39 is 10.1 Å². The lowest BCUT2D eigenvalue weighted by atomic mass is 9.85. The Hall–Kier alpha value is -5.47. The molecule has 0 saturated carbocycles. The molecule has 0 radical (unpaired) electrons. The summed E-state index contributed by atoms with van der Waals surface area (Å²) in [6.07, 6.45) is 6.44. The van der Waals surface area contributed by atoms with Gasteiger partial charge in [-0.2, -0.15) is 0 Å². The molecule has 0 bridgehead atoms. The van der Waals surface area contributed by atoms with E-state index in [1.807, 2.05) is 55.5 Å². The fraction of sp³-hybridized carbons (Fsp3) is 0.213. The Labute approximate surface area is 351 Å². The van der Waals surface area contributed by atoms with Crippen molar-refractivity contribution in [3.8, 4) is 5.75 Å². The van der Waals surface area contributed by atoms with Crippen LogP contribution in [0.15, 0.2) is 154 Å². The van der Waals surface area contributed by atoms with Gasteiger partial charge in [-0.1, -0.05) is 47.5 Å². The number of ether oxygens (including phenoxy) is 1. The summed E-state index contributed by atoms with van der Waals surface area (Å²) < 4.78 is 47.6. The Morgan fingerprint density at radius 2 is 1.56 bits per heavy atom. The largest absolute Gasteiger partial charge is 0.744 e. The lowest BCUT2D eigenvalue weighted by molar-refractivity contribution is -0.539. The third-order valence-electron chi connectivity index (χ3n) is 10.1. The van der Waals surface area contributed by atoms with E-state index in [9.17, 15) is 13.0 Å². The van der Waals surface area contributed by atoms with Gasteiger partial charge in [0.05, 0.1) is 23.5 Å². The van der Waals surface area contributed by atoms with E-state index in [0.29, 0.717) is 26.2 Å². The number of hydrogen-bond donors (Lipinski definition) is 2. The molecule has 5 aromatic rings. The van der Waals surface area contributed by atoms with Crippen LogP contribution in [0.3, 0.4) is 0 Å². The Morgan fingerprint density at radius 1 is 0.847 bits per heavy atom. The summed E-state index contributed by atoms with van der Waals surface area (Å²) in [6, 6.07) is 37.2. The highest BCUT2D eigenvalue weighted by Crippen LogP contribution is 2.37. The van der Waals surface area contributed by atoms with E-state index in [1.165, 1.54) is 12.1 Å². The molecule has 5 aromatic carbocycles. The fourth-order valence-corrected chi connectivity index (χ4v) is 8.14. The van der Waals surface area contributed by atoms with Gasteiger partial charge in [-0.25, -0.2) is 18.3 Å². The van der Waals surface area contributed by atoms with Gasteiger partial charge in [0.2, 0.25) is 0 Å². The number of benzene rings is 5. The quantitative estimate of drug-likeness (QED) is 0.0308. The Bertz CT molecular complexity index is 2490. The van der Waals surface area contributed by atoms with Crippen LogP contribution in [0.1, 0.15) is 55.5 Å². The molecule has 59 heavy (non-hydrogen) atoms. The van der Waals surface area contributed by atoms with Crippen LogP contribution in [-0.4, -0.2) is 48.2 Å². The second kappa shape index (κ2) is 20.0. The number of allylic oxidation sites excluding steroid dienone is 5. The third-order valence-corrected chi connectivity index (χ3v) is 11.5. The molecule has 306 valence electrons. The van der Waals surface area contributed by atoms with Crippen LogP contribution in [0.25, 0.3) is 5.57 Å². The molecule has 0 aromatic heterocycles. The first-order valence-electron chi connectivity index (χ1n) is 19.5.